The lowest BCUT2D eigenvalue weighted by Gasteiger charge is -2.27. The number of unbranched alkanes of at least 4 members (excludes halogenated alkanes) is 11. The number of nitrogens with zero attached hydrogens (tertiary/aromatic N) is 1. The maximum atomic E-state index is 2.51. The Morgan fingerprint density at radius 1 is 0.441 bits per heavy atom. The summed E-state index contributed by atoms with van der Waals surface area (Å²) in [6.07, 6.45) is 38.9. The Labute approximate surface area is 217 Å². The molecule has 0 heterocycles. The predicted molar refractivity (Wildman–Crippen MR) is 158 cm³/mol. The molecule has 34 heavy (non-hydrogen) atoms. The molecule has 0 saturated carbocycles. The molecule has 202 valence electrons. The Balaban J connectivity index is 4.83. The summed E-state index contributed by atoms with van der Waals surface area (Å²) in [5.74, 6) is 1.84. The van der Waals surface area contributed by atoms with Gasteiger partial charge in [-0.3, -0.25) is 0 Å². The number of hydrogen-bond acceptors (Lipinski definition) is 1. The molecule has 0 aromatic carbocycles. The minimum absolute atomic E-state index is 0.919. The summed E-state index contributed by atoms with van der Waals surface area (Å²) in [4.78, 5) is 2.35. The zero-order chi connectivity index (χ0) is 25.1. The average molecular weight is 476 g/mol. The number of allylic oxidation sites excluding steroid dienone is 4. The molecule has 0 saturated heterocycles. The second kappa shape index (κ2) is 27.0. The van der Waals surface area contributed by atoms with Gasteiger partial charge in [0.2, 0.25) is 0 Å². The van der Waals surface area contributed by atoms with E-state index in [0.29, 0.717) is 0 Å². The summed E-state index contributed by atoms with van der Waals surface area (Å²) >= 11 is 0. The molecule has 0 fully saturated rings. The molecule has 0 radical (unpaired) electrons. The second-order valence-corrected chi connectivity index (χ2v) is 11.1. The average Bonchev–Trinajstić information content (AvgIpc) is 2.82. The molecule has 0 N–H and O–H groups in total. The van der Waals surface area contributed by atoms with E-state index in [2.05, 4.69) is 64.1 Å². The summed E-state index contributed by atoms with van der Waals surface area (Å²) in [6, 6.07) is 0. The lowest BCUT2D eigenvalue weighted by Crippen LogP contribution is -2.17. The summed E-state index contributed by atoms with van der Waals surface area (Å²) in [5, 5.41) is 0. The van der Waals surface area contributed by atoms with Gasteiger partial charge in [0.25, 0.3) is 0 Å². The van der Waals surface area contributed by atoms with Crippen molar-refractivity contribution in [3.05, 3.63) is 24.3 Å². The first-order valence-electron chi connectivity index (χ1n) is 15.6. The van der Waals surface area contributed by atoms with E-state index >= 15 is 0 Å². The van der Waals surface area contributed by atoms with Crippen LogP contribution < -0.4 is 0 Å². The van der Waals surface area contributed by atoms with E-state index in [0.717, 1.165) is 11.8 Å². The molecule has 1 nitrogen and oxygen atoms in total. The highest BCUT2D eigenvalue weighted by molar-refractivity contribution is 4.86. The Morgan fingerprint density at radius 2 is 0.853 bits per heavy atom. The van der Waals surface area contributed by atoms with E-state index in [4.69, 9.17) is 0 Å². The van der Waals surface area contributed by atoms with Crippen molar-refractivity contribution >= 4 is 0 Å². The van der Waals surface area contributed by atoms with Gasteiger partial charge in [0.1, 0.15) is 0 Å². The van der Waals surface area contributed by atoms with Crippen LogP contribution in [0.25, 0.3) is 0 Å². The van der Waals surface area contributed by atoms with Crippen LogP contribution in [0.5, 0.6) is 0 Å². The summed E-state index contributed by atoms with van der Waals surface area (Å²) in [7, 11) is 4.43. The lowest BCUT2D eigenvalue weighted by atomic mass is 9.78. The Kier molecular flexibility index (Phi) is 26.6. The van der Waals surface area contributed by atoms with E-state index < -0.39 is 0 Å². The van der Waals surface area contributed by atoms with Crippen LogP contribution in [0.4, 0.5) is 0 Å². The van der Waals surface area contributed by atoms with Gasteiger partial charge >= 0.3 is 0 Å². The topological polar surface area (TPSA) is 3.24 Å². The Hall–Kier alpha value is -0.560. The van der Waals surface area contributed by atoms with Crippen LogP contribution in [-0.2, 0) is 0 Å². The zero-order valence-electron chi connectivity index (χ0n) is 24.5. The smallest absolute Gasteiger partial charge is 0.00248 e. The summed E-state index contributed by atoms with van der Waals surface area (Å²) < 4.78 is 0. The summed E-state index contributed by atoms with van der Waals surface area (Å²) in [6.45, 7) is 8.17. The Morgan fingerprint density at radius 3 is 1.32 bits per heavy atom. The Bertz CT molecular complexity index is 436. The van der Waals surface area contributed by atoms with Crippen molar-refractivity contribution in [2.24, 2.45) is 11.8 Å². The zero-order valence-corrected chi connectivity index (χ0v) is 24.5. The lowest BCUT2D eigenvalue weighted by molar-refractivity contribution is 0.248. The van der Waals surface area contributed by atoms with Crippen LogP contribution in [0.2, 0.25) is 0 Å². The first kappa shape index (κ1) is 33.4. The van der Waals surface area contributed by atoms with Crippen molar-refractivity contribution in [3.8, 4) is 0 Å². The monoisotopic (exact) mass is 476 g/mol. The van der Waals surface area contributed by atoms with Gasteiger partial charge in [0.05, 0.1) is 0 Å². The van der Waals surface area contributed by atoms with E-state index in [1.165, 1.54) is 141 Å². The maximum Gasteiger partial charge on any atom is -0.00248 e. The molecular weight excluding hydrogens is 410 g/mol. The van der Waals surface area contributed by atoms with Gasteiger partial charge in [-0.05, 0) is 90.3 Å². The minimum atomic E-state index is 0.919. The molecule has 0 spiro atoms. The van der Waals surface area contributed by atoms with E-state index in [-0.39, 0.29) is 0 Å². The van der Waals surface area contributed by atoms with Gasteiger partial charge in [-0.1, -0.05) is 122 Å². The first-order chi connectivity index (χ1) is 16.7. The maximum absolute atomic E-state index is 2.51. The fourth-order valence-corrected chi connectivity index (χ4v) is 5.19. The third kappa shape index (κ3) is 23.2. The van der Waals surface area contributed by atoms with Crippen molar-refractivity contribution in [1.29, 1.82) is 0 Å². The standard InChI is InChI=1S/C33H65N/c1-6-9-12-15-17-20-23-28-32(27-22-19-14-11-8-3)33(30-25-26-31-34(4)5)29-24-21-18-16-13-10-7-2/h17-18,20-21,32-33H,6-16,19,22-31H2,1-5H3/b20-17+,21-18?. The van der Waals surface area contributed by atoms with Crippen molar-refractivity contribution in [2.45, 2.75) is 156 Å². The van der Waals surface area contributed by atoms with Gasteiger partial charge in [-0.2, -0.15) is 0 Å². The van der Waals surface area contributed by atoms with Crippen molar-refractivity contribution in [3.63, 3.8) is 0 Å². The number of hydrogen-bond donors (Lipinski definition) is 0. The van der Waals surface area contributed by atoms with Crippen molar-refractivity contribution in [1.82, 2.24) is 4.90 Å². The van der Waals surface area contributed by atoms with Crippen molar-refractivity contribution < 1.29 is 0 Å². The van der Waals surface area contributed by atoms with Crippen LogP contribution in [0.15, 0.2) is 24.3 Å². The van der Waals surface area contributed by atoms with E-state index in [1.807, 2.05) is 0 Å². The fourth-order valence-electron chi connectivity index (χ4n) is 5.19. The SMILES string of the molecule is CCCCCC=CCCC(CCCCN(C)C)C(CC/C=C/CCCCC)CCCCCCC. The first-order valence-corrected chi connectivity index (χ1v) is 15.6. The molecule has 0 aliphatic carbocycles. The van der Waals surface area contributed by atoms with Gasteiger partial charge in [-0.15, -0.1) is 0 Å². The number of rotatable bonds is 26. The highest BCUT2D eigenvalue weighted by Gasteiger charge is 2.20. The van der Waals surface area contributed by atoms with Gasteiger partial charge in [-0.25, -0.2) is 0 Å². The van der Waals surface area contributed by atoms with Crippen LogP contribution >= 0.6 is 0 Å². The van der Waals surface area contributed by atoms with Crippen LogP contribution in [0, 0.1) is 11.8 Å². The molecule has 2 atom stereocenters. The third-order valence-corrected chi connectivity index (χ3v) is 7.47. The van der Waals surface area contributed by atoms with Crippen LogP contribution in [0.1, 0.15) is 156 Å². The molecule has 0 aromatic heterocycles. The molecule has 0 aliphatic heterocycles. The predicted octanol–water partition coefficient (Wildman–Crippen LogP) is 11.1. The van der Waals surface area contributed by atoms with Crippen molar-refractivity contribution in [2.75, 3.05) is 20.6 Å². The van der Waals surface area contributed by atoms with Crippen LogP contribution in [0.3, 0.4) is 0 Å². The molecule has 0 rings (SSSR count). The van der Waals surface area contributed by atoms with Gasteiger partial charge in [0, 0.05) is 0 Å². The summed E-state index contributed by atoms with van der Waals surface area (Å²) in [5.41, 5.74) is 0. The molecule has 1 heteroatoms. The molecule has 2 unspecified atom stereocenters. The fraction of sp³-hybridized carbons (Fsp3) is 0.879. The molecule has 0 amide bonds. The highest BCUT2D eigenvalue weighted by atomic mass is 15.0. The second-order valence-electron chi connectivity index (χ2n) is 11.1. The largest absolute Gasteiger partial charge is 0.309 e. The molecule has 0 aromatic rings. The molecular formula is C33H65N. The highest BCUT2D eigenvalue weighted by Crippen LogP contribution is 2.32. The van der Waals surface area contributed by atoms with Gasteiger partial charge < -0.3 is 4.90 Å². The van der Waals surface area contributed by atoms with E-state index in [1.54, 1.807) is 0 Å². The van der Waals surface area contributed by atoms with E-state index in [9.17, 15) is 0 Å². The normalized spacial score (nSPS) is 14.1. The molecule has 0 bridgehead atoms. The quantitative estimate of drug-likeness (QED) is 0.0887. The molecule has 0 aliphatic rings. The van der Waals surface area contributed by atoms with Crippen LogP contribution in [-0.4, -0.2) is 25.5 Å². The van der Waals surface area contributed by atoms with Gasteiger partial charge in [0.15, 0.2) is 0 Å². The third-order valence-electron chi connectivity index (χ3n) is 7.47. The minimum Gasteiger partial charge on any atom is -0.309 e.